The van der Waals surface area contributed by atoms with Crippen molar-refractivity contribution < 1.29 is 14.5 Å². The van der Waals surface area contributed by atoms with Crippen LogP contribution in [0.2, 0.25) is 0 Å². The second-order valence-corrected chi connectivity index (χ2v) is 7.38. The average Bonchev–Trinajstić information content (AvgIpc) is 3.60. The third kappa shape index (κ3) is 4.03. The first-order valence-corrected chi connectivity index (χ1v) is 9.47. The number of carbonyl (C=O) groups excluding carboxylic acids is 2. The molecule has 0 radical (unpaired) electrons. The second kappa shape index (κ2) is 7.42. The van der Waals surface area contributed by atoms with Gasteiger partial charge >= 0.3 is 0 Å². The maximum Gasteiger partial charge on any atom is 0.282 e. The van der Waals surface area contributed by atoms with Crippen molar-refractivity contribution in [3.05, 3.63) is 75.3 Å². The molecule has 0 atom stereocenters. The molecule has 2 aliphatic rings. The number of nitrogens with one attached hydrogen (secondary N) is 1. The van der Waals surface area contributed by atoms with E-state index in [9.17, 15) is 19.7 Å². The summed E-state index contributed by atoms with van der Waals surface area (Å²) in [4.78, 5) is 37.6. The van der Waals surface area contributed by atoms with E-state index < -0.39 is 4.92 Å². The van der Waals surface area contributed by atoms with Crippen molar-refractivity contribution in [3.8, 4) is 0 Å². The zero-order valence-electron chi connectivity index (χ0n) is 15.3. The molecule has 144 valence electrons. The Bertz CT molecular complexity index is 918. The fourth-order valence-corrected chi connectivity index (χ4v) is 3.18. The van der Waals surface area contributed by atoms with Crippen molar-refractivity contribution in [2.45, 2.75) is 44.3 Å². The van der Waals surface area contributed by atoms with E-state index in [2.05, 4.69) is 5.32 Å². The molecule has 1 N–H and O–H groups in total. The molecule has 7 nitrogen and oxygen atoms in total. The number of benzene rings is 2. The average molecular weight is 379 g/mol. The van der Waals surface area contributed by atoms with E-state index >= 15 is 0 Å². The molecule has 0 bridgehead atoms. The first kappa shape index (κ1) is 18.2. The Hall–Kier alpha value is -3.22. The maximum atomic E-state index is 13.0. The van der Waals surface area contributed by atoms with Crippen LogP contribution in [-0.2, 0) is 6.54 Å². The maximum absolute atomic E-state index is 13.0. The molecule has 0 spiro atoms. The molecule has 2 amide bonds. The van der Waals surface area contributed by atoms with Crippen LogP contribution in [-0.4, -0.2) is 33.7 Å². The number of hydrogen-bond donors (Lipinski definition) is 1. The third-order valence-corrected chi connectivity index (χ3v) is 5.06. The molecular formula is C21H21N3O4. The summed E-state index contributed by atoms with van der Waals surface area (Å²) in [6.45, 7) is 0.361. The highest BCUT2D eigenvalue weighted by Crippen LogP contribution is 2.31. The highest BCUT2D eigenvalue weighted by molar-refractivity contribution is 5.98. The van der Waals surface area contributed by atoms with Crippen molar-refractivity contribution >= 4 is 17.5 Å². The summed E-state index contributed by atoms with van der Waals surface area (Å²) in [5, 5.41) is 14.2. The number of carbonyl (C=O) groups is 2. The third-order valence-electron chi connectivity index (χ3n) is 5.06. The van der Waals surface area contributed by atoms with Gasteiger partial charge < -0.3 is 10.2 Å². The molecule has 0 heterocycles. The summed E-state index contributed by atoms with van der Waals surface area (Å²) >= 11 is 0. The fraction of sp³-hybridized carbons (Fsp3) is 0.333. The van der Waals surface area contributed by atoms with Gasteiger partial charge in [0, 0.05) is 30.3 Å². The highest BCUT2D eigenvalue weighted by Gasteiger charge is 2.35. The SMILES string of the molecule is O=C(NC1CC1)c1ccc(CN(C(=O)c2ccccc2[N+](=O)[O-])C2CC2)cc1. The van der Waals surface area contributed by atoms with Crippen LogP contribution in [0.3, 0.4) is 0 Å². The molecule has 0 saturated heterocycles. The van der Waals surface area contributed by atoms with Gasteiger partial charge in [0.2, 0.25) is 0 Å². The van der Waals surface area contributed by atoms with E-state index in [4.69, 9.17) is 0 Å². The van der Waals surface area contributed by atoms with Crippen LogP contribution in [0, 0.1) is 10.1 Å². The Kier molecular flexibility index (Phi) is 4.81. The van der Waals surface area contributed by atoms with Gasteiger partial charge in [0.1, 0.15) is 5.56 Å². The van der Waals surface area contributed by atoms with Crippen molar-refractivity contribution in [1.29, 1.82) is 0 Å². The smallest absolute Gasteiger partial charge is 0.282 e. The summed E-state index contributed by atoms with van der Waals surface area (Å²) in [6, 6.07) is 13.6. The van der Waals surface area contributed by atoms with E-state index in [1.807, 2.05) is 12.1 Å². The molecule has 2 fully saturated rings. The summed E-state index contributed by atoms with van der Waals surface area (Å²) in [6.07, 6.45) is 3.87. The predicted octanol–water partition coefficient (Wildman–Crippen LogP) is 3.29. The van der Waals surface area contributed by atoms with Gasteiger partial charge in [-0.2, -0.15) is 0 Å². The number of para-hydroxylation sites is 1. The standard InChI is InChI=1S/C21H21N3O4/c25-20(22-16-9-10-16)15-7-5-14(6-8-15)13-23(17-11-12-17)21(26)18-3-1-2-4-19(18)24(27)28/h1-8,16-17H,9-13H2,(H,22,25). The van der Waals surface area contributed by atoms with Crippen LogP contribution >= 0.6 is 0 Å². The molecule has 0 aliphatic heterocycles. The molecule has 2 aromatic rings. The Balaban J connectivity index is 1.50. The van der Waals surface area contributed by atoms with Crippen LogP contribution in [0.1, 0.15) is 52.0 Å². The minimum absolute atomic E-state index is 0.0796. The van der Waals surface area contributed by atoms with Gasteiger partial charge in [-0.3, -0.25) is 19.7 Å². The predicted molar refractivity (Wildman–Crippen MR) is 103 cm³/mol. The Morgan fingerprint density at radius 1 is 1.04 bits per heavy atom. The number of rotatable bonds is 7. The summed E-state index contributed by atoms with van der Waals surface area (Å²) in [5.74, 6) is -0.408. The van der Waals surface area contributed by atoms with E-state index in [1.54, 1.807) is 29.2 Å². The summed E-state index contributed by atoms with van der Waals surface area (Å²) < 4.78 is 0. The Morgan fingerprint density at radius 3 is 2.32 bits per heavy atom. The normalized spacial score (nSPS) is 15.7. The van der Waals surface area contributed by atoms with Crippen LogP contribution in [0.15, 0.2) is 48.5 Å². The van der Waals surface area contributed by atoms with E-state index in [1.165, 1.54) is 12.1 Å². The quantitative estimate of drug-likeness (QED) is 0.590. The lowest BCUT2D eigenvalue weighted by molar-refractivity contribution is -0.385. The van der Waals surface area contributed by atoms with Crippen LogP contribution in [0.25, 0.3) is 0 Å². The van der Waals surface area contributed by atoms with Gasteiger partial charge in [0.25, 0.3) is 17.5 Å². The Morgan fingerprint density at radius 2 is 1.71 bits per heavy atom. The van der Waals surface area contributed by atoms with Gasteiger partial charge in [-0.05, 0) is 49.4 Å². The van der Waals surface area contributed by atoms with E-state index in [0.717, 1.165) is 31.2 Å². The molecule has 2 saturated carbocycles. The lowest BCUT2D eigenvalue weighted by atomic mass is 10.1. The van der Waals surface area contributed by atoms with Gasteiger partial charge in [-0.15, -0.1) is 0 Å². The van der Waals surface area contributed by atoms with Crippen molar-refractivity contribution in [3.63, 3.8) is 0 Å². The summed E-state index contributed by atoms with van der Waals surface area (Å²) in [7, 11) is 0. The lowest BCUT2D eigenvalue weighted by Crippen LogP contribution is -2.33. The molecular weight excluding hydrogens is 358 g/mol. The molecule has 2 aliphatic carbocycles. The first-order chi connectivity index (χ1) is 13.5. The Labute approximate surface area is 162 Å². The molecule has 4 rings (SSSR count). The second-order valence-electron chi connectivity index (χ2n) is 7.38. The minimum Gasteiger partial charge on any atom is -0.349 e. The molecule has 0 unspecified atom stereocenters. The largest absolute Gasteiger partial charge is 0.349 e. The molecule has 2 aromatic carbocycles. The van der Waals surface area contributed by atoms with E-state index in [0.29, 0.717) is 18.2 Å². The fourth-order valence-electron chi connectivity index (χ4n) is 3.18. The number of nitro benzene ring substituents is 1. The number of amides is 2. The molecule has 28 heavy (non-hydrogen) atoms. The monoisotopic (exact) mass is 379 g/mol. The van der Waals surface area contributed by atoms with Gasteiger partial charge in [0.05, 0.1) is 4.92 Å². The van der Waals surface area contributed by atoms with Crippen LogP contribution in [0.4, 0.5) is 5.69 Å². The number of nitro groups is 1. The zero-order valence-corrected chi connectivity index (χ0v) is 15.3. The van der Waals surface area contributed by atoms with Crippen molar-refractivity contribution in [1.82, 2.24) is 10.2 Å². The number of nitrogens with zero attached hydrogens (tertiary/aromatic N) is 2. The lowest BCUT2D eigenvalue weighted by Gasteiger charge is -2.22. The van der Waals surface area contributed by atoms with Crippen LogP contribution < -0.4 is 5.32 Å². The highest BCUT2D eigenvalue weighted by atomic mass is 16.6. The number of hydrogen-bond acceptors (Lipinski definition) is 4. The van der Waals surface area contributed by atoms with E-state index in [-0.39, 0.29) is 29.1 Å². The van der Waals surface area contributed by atoms with Crippen LogP contribution in [0.5, 0.6) is 0 Å². The van der Waals surface area contributed by atoms with Crippen molar-refractivity contribution in [2.24, 2.45) is 0 Å². The molecule has 0 aromatic heterocycles. The van der Waals surface area contributed by atoms with Gasteiger partial charge in [0.15, 0.2) is 0 Å². The minimum atomic E-state index is -0.522. The topological polar surface area (TPSA) is 92.6 Å². The zero-order chi connectivity index (χ0) is 19.7. The molecule has 7 heteroatoms. The van der Waals surface area contributed by atoms with Crippen molar-refractivity contribution in [2.75, 3.05) is 0 Å². The summed E-state index contributed by atoms with van der Waals surface area (Å²) in [5.41, 5.74) is 1.42. The first-order valence-electron chi connectivity index (χ1n) is 9.47. The van der Waals surface area contributed by atoms with Gasteiger partial charge in [-0.25, -0.2) is 0 Å². The van der Waals surface area contributed by atoms with Gasteiger partial charge in [-0.1, -0.05) is 24.3 Å².